The van der Waals surface area contributed by atoms with Crippen LogP contribution in [0.25, 0.3) is 0 Å². The van der Waals surface area contributed by atoms with Crippen LogP contribution < -0.4 is 0 Å². The van der Waals surface area contributed by atoms with Crippen LogP contribution in [-0.4, -0.2) is 22.0 Å². The van der Waals surface area contributed by atoms with E-state index in [1.165, 1.54) is 17.1 Å². The van der Waals surface area contributed by atoms with Crippen molar-refractivity contribution in [2.75, 3.05) is 0 Å². The highest BCUT2D eigenvalue weighted by molar-refractivity contribution is 5.70. The summed E-state index contributed by atoms with van der Waals surface area (Å²) in [5.41, 5.74) is 0.233. The molecule has 1 aromatic heterocycles. The van der Waals surface area contributed by atoms with Gasteiger partial charge in [0, 0.05) is 19.2 Å². The first kappa shape index (κ1) is 10.7. The molecule has 0 bridgehead atoms. The van der Waals surface area contributed by atoms with E-state index >= 15 is 0 Å². The van der Waals surface area contributed by atoms with E-state index in [9.17, 15) is 18.0 Å². The molecule has 0 unspecified atom stereocenters. The van der Waals surface area contributed by atoms with Gasteiger partial charge in [0.25, 0.3) is 0 Å². The molecule has 0 aliphatic heterocycles. The van der Waals surface area contributed by atoms with Crippen molar-refractivity contribution in [3.05, 3.63) is 18.2 Å². The Bertz CT molecular complexity index is 306. The van der Waals surface area contributed by atoms with Crippen molar-refractivity contribution < 1.29 is 18.0 Å². The quantitative estimate of drug-likeness (QED) is 0.706. The van der Waals surface area contributed by atoms with E-state index in [2.05, 4.69) is 4.98 Å². The number of nitrogens with zero attached hydrogens (tertiary/aromatic N) is 2. The van der Waals surface area contributed by atoms with Gasteiger partial charge in [-0.05, 0) is 6.42 Å². The van der Waals surface area contributed by atoms with Crippen molar-refractivity contribution in [3.8, 4) is 0 Å². The number of rotatable bonds is 4. The van der Waals surface area contributed by atoms with Crippen LogP contribution in [-0.2, 0) is 6.54 Å². The van der Waals surface area contributed by atoms with Gasteiger partial charge < -0.3 is 4.57 Å². The van der Waals surface area contributed by atoms with Crippen LogP contribution in [0.3, 0.4) is 0 Å². The van der Waals surface area contributed by atoms with E-state index in [4.69, 9.17) is 0 Å². The maximum Gasteiger partial charge on any atom is 0.389 e. The van der Waals surface area contributed by atoms with Gasteiger partial charge in [0.2, 0.25) is 0 Å². The number of halogens is 3. The van der Waals surface area contributed by atoms with Crippen LogP contribution in [0.2, 0.25) is 0 Å². The summed E-state index contributed by atoms with van der Waals surface area (Å²) in [6.45, 7) is 0.223. The molecule has 78 valence electrons. The summed E-state index contributed by atoms with van der Waals surface area (Å²) >= 11 is 0. The molecule has 6 heteroatoms. The predicted octanol–water partition coefficient (Wildman–Crippen LogP) is 2.04. The van der Waals surface area contributed by atoms with Gasteiger partial charge in [-0.15, -0.1) is 0 Å². The molecular weight excluding hydrogens is 197 g/mol. The van der Waals surface area contributed by atoms with E-state index < -0.39 is 12.6 Å². The minimum absolute atomic E-state index is 0.00183. The fraction of sp³-hybridized carbons (Fsp3) is 0.500. The molecule has 0 atom stereocenters. The summed E-state index contributed by atoms with van der Waals surface area (Å²) in [4.78, 5) is 13.9. The number of hydrogen-bond acceptors (Lipinski definition) is 2. The lowest BCUT2D eigenvalue weighted by molar-refractivity contribution is -0.135. The molecule has 0 radical (unpaired) electrons. The third kappa shape index (κ3) is 3.59. The van der Waals surface area contributed by atoms with Gasteiger partial charge in [0.15, 0.2) is 6.29 Å². The maximum atomic E-state index is 11.7. The number of imidazole rings is 1. The van der Waals surface area contributed by atoms with Gasteiger partial charge in [-0.2, -0.15) is 13.2 Å². The molecule has 14 heavy (non-hydrogen) atoms. The van der Waals surface area contributed by atoms with Crippen LogP contribution in [0, 0.1) is 0 Å². The second-order valence-electron chi connectivity index (χ2n) is 2.87. The molecule has 1 rings (SSSR count). The van der Waals surface area contributed by atoms with E-state index in [1.54, 1.807) is 0 Å². The summed E-state index contributed by atoms with van der Waals surface area (Å²) in [5.74, 6) is 0. The Morgan fingerprint density at radius 2 is 2.21 bits per heavy atom. The van der Waals surface area contributed by atoms with Crippen molar-refractivity contribution in [1.29, 1.82) is 0 Å². The van der Waals surface area contributed by atoms with Gasteiger partial charge >= 0.3 is 6.18 Å². The molecule has 1 aromatic rings. The molecule has 0 saturated heterocycles. The Balaban J connectivity index is 2.35. The van der Waals surface area contributed by atoms with Gasteiger partial charge in [-0.3, -0.25) is 4.79 Å². The van der Waals surface area contributed by atoms with Crippen molar-refractivity contribution in [3.63, 3.8) is 0 Å². The number of carbonyl (C=O) groups is 1. The highest BCUT2D eigenvalue weighted by Gasteiger charge is 2.25. The molecule has 0 spiro atoms. The average Bonchev–Trinajstić information content (AvgIpc) is 2.50. The number of carbonyl (C=O) groups excluding carboxylic acids is 1. The van der Waals surface area contributed by atoms with Crippen LogP contribution in [0.15, 0.2) is 12.5 Å². The van der Waals surface area contributed by atoms with Gasteiger partial charge in [-0.1, -0.05) is 0 Å². The molecule has 0 aliphatic carbocycles. The lowest BCUT2D eigenvalue weighted by Crippen LogP contribution is -2.08. The number of aldehydes is 1. The molecule has 0 N–H and O–H groups in total. The van der Waals surface area contributed by atoms with Gasteiger partial charge in [0.05, 0.1) is 6.33 Å². The minimum atomic E-state index is -4.12. The monoisotopic (exact) mass is 206 g/mol. The topological polar surface area (TPSA) is 34.9 Å². The first-order valence-electron chi connectivity index (χ1n) is 4.05. The zero-order chi connectivity index (χ0) is 10.6. The van der Waals surface area contributed by atoms with Gasteiger partial charge in [-0.25, -0.2) is 4.98 Å². The van der Waals surface area contributed by atoms with E-state index in [0.717, 1.165) is 0 Å². The summed E-state index contributed by atoms with van der Waals surface area (Å²) in [6.07, 6.45) is -1.61. The standard InChI is InChI=1S/C8H9F3N2O/c9-8(10,11)2-1-3-13-4-7(5-14)12-6-13/h4-6H,1-3H2. The van der Waals surface area contributed by atoms with Crippen LogP contribution in [0.5, 0.6) is 0 Å². The van der Waals surface area contributed by atoms with Crippen LogP contribution in [0.4, 0.5) is 13.2 Å². The molecule has 0 aromatic carbocycles. The summed E-state index contributed by atoms with van der Waals surface area (Å²) < 4.78 is 36.7. The molecule has 0 fully saturated rings. The van der Waals surface area contributed by atoms with Crippen LogP contribution in [0.1, 0.15) is 23.3 Å². The zero-order valence-electron chi connectivity index (χ0n) is 7.29. The second-order valence-corrected chi connectivity index (χ2v) is 2.87. The number of aryl methyl sites for hydroxylation is 1. The number of alkyl halides is 3. The highest BCUT2D eigenvalue weighted by atomic mass is 19.4. The third-order valence-electron chi connectivity index (χ3n) is 1.65. The predicted molar refractivity (Wildman–Crippen MR) is 42.9 cm³/mol. The Kier molecular flexibility index (Phi) is 3.27. The van der Waals surface area contributed by atoms with E-state index in [-0.39, 0.29) is 18.7 Å². The number of aromatic nitrogens is 2. The lowest BCUT2D eigenvalue weighted by atomic mass is 10.3. The van der Waals surface area contributed by atoms with E-state index in [0.29, 0.717) is 6.29 Å². The Labute approximate surface area is 78.6 Å². The lowest BCUT2D eigenvalue weighted by Gasteiger charge is -2.05. The third-order valence-corrected chi connectivity index (χ3v) is 1.65. The molecule has 0 amide bonds. The highest BCUT2D eigenvalue weighted by Crippen LogP contribution is 2.21. The molecule has 0 saturated carbocycles. The maximum absolute atomic E-state index is 11.7. The zero-order valence-corrected chi connectivity index (χ0v) is 7.29. The van der Waals surface area contributed by atoms with E-state index in [1.807, 2.05) is 0 Å². The Morgan fingerprint density at radius 3 is 2.71 bits per heavy atom. The molecule has 1 heterocycles. The molecule has 0 aliphatic rings. The fourth-order valence-electron chi connectivity index (χ4n) is 1.02. The fourth-order valence-corrected chi connectivity index (χ4v) is 1.02. The smallest absolute Gasteiger partial charge is 0.337 e. The summed E-state index contributed by atoms with van der Waals surface area (Å²) in [6, 6.07) is 0. The molecular formula is C8H9F3N2O. The summed E-state index contributed by atoms with van der Waals surface area (Å²) in [7, 11) is 0. The minimum Gasteiger partial charge on any atom is -0.337 e. The van der Waals surface area contributed by atoms with Crippen molar-refractivity contribution in [2.45, 2.75) is 25.6 Å². The first-order chi connectivity index (χ1) is 6.51. The van der Waals surface area contributed by atoms with Crippen molar-refractivity contribution >= 4 is 6.29 Å². The second kappa shape index (κ2) is 4.26. The normalized spacial score (nSPS) is 11.6. The van der Waals surface area contributed by atoms with Crippen molar-refractivity contribution in [1.82, 2.24) is 9.55 Å². The summed E-state index contributed by atoms with van der Waals surface area (Å²) in [5, 5.41) is 0. The Morgan fingerprint density at radius 1 is 1.50 bits per heavy atom. The van der Waals surface area contributed by atoms with Gasteiger partial charge in [0.1, 0.15) is 5.69 Å². The first-order valence-corrected chi connectivity index (χ1v) is 4.05. The molecule has 3 nitrogen and oxygen atoms in total. The largest absolute Gasteiger partial charge is 0.389 e. The number of hydrogen-bond donors (Lipinski definition) is 0. The average molecular weight is 206 g/mol. The Hall–Kier alpha value is -1.33. The SMILES string of the molecule is O=Cc1cn(CCCC(F)(F)F)cn1. The van der Waals surface area contributed by atoms with Crippen molar-refractivity contribution in [2.24, 2.45) is 0 Å². The van der Waals surface area contributed by atoms with Crippen LogP contribution >= 0.6 is 0 Å².